The lowest BCUT2D eigenvalue weighted by Gasteiger charge is -2.27. The van der Waals surface area contributed by atoms with Crippen LogP contribution in [-0.2, 0) is 0 Å². The van der Waals surface area contributed by atoms with Gasteiger partial charge in [0, 0.05) is 17.7 Å². The number of carbonyl (C=O) groups is 1. The summed E-state index contributed by atoms with van der Waals surface area (Å²) in [6, 6.07) is 24.5. The van der Waals surface area contributed by atoms with Gasteiger partial charge in [0.25, 0.3) is 0 Å². The first kappa shape index (κ1) is 19.7. The molecule has 0 fully saturated rings. The van der Waals surface area contributed by atoms with Crippen LogP contribution in [-0.4, -0.2) is 11.0 Å². The van der Waals surface area contributed by atoms with Crippen LogP contribution in [0, 0.1) is 16.5 Å². The molecule has 0 radical (unpaired) electrons. The predicted molar refractivity (Wildman–Crippen MR) is 112 cm³/mol. The SMILES string of the molecule is N#CS[C@@H](CC(=O)c1ccccc1)[C@@H](Nc1ccc(F)cc1)c1ccccc1. The second-order valence-electron chi connectivity index (χ2n) is 6.28. The summed E-state index contributed by atoms with van der Waals surface area (Å²) >= 11 is 1.07. The van der Waals surface area contributed by atoms with Gasteiger partial charge in [0.05, 0.1) is 11.3 Å². The van der Waals surface area contributed by atoms with Gasteiger partial charge in [-0.25, -0.2) is 4.39 Å². The number of thioether (sulfide) groups is 1. The third-order valence-electron chi connectivity index (χ3n) is 4.38. The van der Waals surface area contributed by atoms with Crippen LogP contribution in [0.15, 0.2) is 84.9 Å². The molecule has 3 aromatic rings. The van der Waals surface area contributed by atoms with Gasteiger partial charge in [0.1, 0.15) is 11.2 Å². The van der Waals surface area contributed by atoms with E-state index in [2.05, 4.69) is 10.7 Å². The standard InChI is InChI=1S/C23H19FN2OS/c24-19-11-13-20(14-12-19)26-23(18-9-5-2-6-10-18)22(28-16-25)15-21(27)17-7-3-1-4-8-17/h1-14,22-23,26H,15H2/t22-,23-/m0/s1. The molecule has 2 atom stereocenters. The van der Waals surface area contributed by atoms with Gasteiger partial charge in [-0.2, -0.15) is 5.26 Å². The number of nitrogens with zero attached hydrogens (tertiary/aromatic N) is 1. The van der Waals surface area contributed by atoms with Crippen LogP contribution < -0.4 is 5.32 Å². The maximum atomic E-state index is 13.3. The van der Waals surface area contributed by atoms with Gasteiger partial charge in [-0.1, -0.05) is 60.7 Å². The fourth-order valence-corrected chi connectivity index (χ4v) is 3.73. The molecular weight excluding hydrogens is 371 g/mol. The number of nitrogens with one attached hydrogen (secondary N) is 1. The average Bonchev–Trinajstić information content (AvgIpc) is 2.74. The van der Waals surface area contributed by atoms with E-state index in [9.17, 15) is 14.4 Å². The lowest BCUT2D eigenvalue weighted by atomic mass is 9.97. The Labute approximate surface area is 168 Å². The summed E-state index contributed by atoms with van der Waals surface area (Å²) in [6.45, 7) is 0. The van der Waals surface area contributed by atoms with E-state index in [1.165, 1.54) is 12.1 Å². The fraction of sp³-hybridized carbons (Fsp3) is 0.130. The van der Waals surface area contributed by atoms with Crippen LogP contribution >= 0.6 is 11.8 Å². The third-order valence-corrected chi connectivity index (χ3v) is 5.23. The molecule has 0 aromatic heterocycles. The smallest absolute Gasteiger partial charge is 0.164 e. The molecular formula is C23H19FN2OS. The van der Waals surface area contributed by atoms with Crippen LogP contribution in [0.1, 0.15) is 28.4 Å². The minimum atomic E-state index is -0.316. The molecule has 0 spiro atoms. The van der Waals surface area contributed by atoms with Crippen molar-refractivity contribution in [2.75, 3.05) is 5.32 Å². The van der Waals surface area contributed by atoms with Crippen molar-refractivity contribution >= 4 is 23.2 Å². The minimum absolute atomic E-state index is 0.0183. The number of benzene rings is 3. The molecule has 0 aliphatic rings. The van der Waals surface area contributed by atoms with Crippen LogP contribution in [0.5, 0.6) is 0 Å². The Morgan fingerprint density at radius 2 is 1.57 bits per heavy atom. The number of halogens is 1. The van der Waals surface area contributed by atoms with E-state index >= 15 is 0 Å². The van der Waals surface area contributed by atoms with Gasteiger partial charge in [-0.05, 0) is 41.6 Å². The summed E-state index contributed by atoms with van der Waals surface area (Å²) in [7, 11) is 0. The van der Waals surface area contributed by atoms with E-state index < -0.39 is 0 Å². The summed E-state index contributed by atoms with van der Waals surface area (Å²) in [6.07, 6.45) is 0.204. The molecule has 0 heterocycles. The second kappa shape index (κ2) is 9.72. The van der Waals surface area contributed by atoms with E-state index in [4.69, 9.17) is 0 Å². The van der Waals surface area contributed by atoms with Crippen molar-refractivity contribution in [2.24, 2.45) is 0 Å². The molecule has 0 aliphatic carbocycles. The third kappa shape index (κ3) is 5.21. The van der Waals surface area contributed by atoms with Crippen LogP contribution in [0.3, 0.4) is 0 Å². The van der Waals surface area contributed by atoms with Crippen LogP contribution in [0.4, 0.5) is 10.1 Å². The molecule has 5 heteroatoms. The highest BCUT2D eigenvalue weighted by Crippen LogP contribution is 2.33. The number of Topliss-reactive ketones (excluding diaryl/α,β-unsaturated/α-hetero) is 1. The zero-order chi connectivity index (χ0) is 19.8. The Bertz CT molecular complexity index is 940. The van der Waals surface area contributed by atoms with E-state index in [1.807, 2.05) is 48.5 Å². The number of hydrogen-bond donors (Lipinski definition) is 1. The van der Waals surface area contributed by atoms with Gasteiger partial charge in [0.15, 0.2) is 5.78 Å². The Morgan fingerprint density at radius 1 is 0.964 bits per heavy atom. The molecule has 0 aliphatic heterocycles. The van der Waals surface area contributed by atoms with Gasteiger partial charge in [-0.15, -0.1) is 0 Å². The maximum Gasteiger partial charge on any atom is 0.164 e. The maximum absolute atomic E-state index is 13.3. The zero-order valence-electron chi connectivity index (χ0n) is 15.1. The summed E-state index contributed by atoms with van der Waals surface area (Å²) in [5.41, 5.74) is 2.31. The van der Waals surface area contributed by atoms with Crippen molar-refractivity contribution < 1.29 is 9.18 Å². The summed E-state index contributed by atoms with van der Waals surface area (Å²) < 4.78 is 13.3. The largest absolute Gasteiger partial charge is 0.377 e. The van der Waals surface area contributed by atoms with E-state index in [-0.39, 0.29) is 29.3 Å². The molecule has 3 aromatic carbocycles. The van der Waals surface area contributed by atoms with Crippen molar-refractivity contribution in [3.05, 3.63) is 102 Å². The number of thiocyanates is 1. The van der Waals surface area contributed by atoms with Gasteiger partial charge < -0.3 is 5.32 Å². The van der Waals surface area contributed by atoms with Crippen molar-refractivity contribution in [3.8, 4) is 5.40 Å². The highest BCUT2D eigenvalue weighted by molar-refractivity contribution is 8.04. The molecule has 1 N–H and O–H groups in total. The fourth-order valence-electron chi connectivity index (χ4n) is 3.00. The van der Waals surface area contributed by atoms with Crippen LogP contribution in [0.2, 0.25) is 0 Å². The molecule has 0 saturated heterocycles. The zero-order valence-corrected chi connectivity index (χ0v) is 15.9. The minimum Gasteiger partial charge on any atom is -0.377 e. The molecule has 0 bridgehead atoms. The molecule has 140 valence electrons. The summed E-state index contributed by atoms with van der Waals surface area (Å²) in [5.74, 6) is -0.334. The number of anilines is 1. The highest BCUT2D eigenvalue weighted by atomic mass is 32.2. The number of carbonyl (C=O) groups excluding carboxylic acids is 1. The predicted octanol–water partition coefficient (Wildman–Crippen LogP) is 5.83. The number of ketones is 1. The lowest BCUT2D eigenvalue weighted by Crippen LogP contribution is -2.25. The first-order valence-electron chi connectivity index (χ1n) is 8.87. The molecule has 0 unspecified atom stereocenters. The first-order valence-corrected chi connectivity index (χ1v) is 9.75. The van der Waals surface area contributed by atoms with Crippen molar-refractivity contribution in [2.45, 2.75) is 17.7 Å². The Kier molecular flexibility index (Phi) is 6.83. The van der Waals surface area contributed by atoms with Crippen LogP contribution in [0.25, 0.3) is 0 Å². The second-order valence-corrected chi connectivity index (χ2v) is 7.30. The quantitative estimate of drug-likeness (QED) is 0.388. The Hall–Kier alpha value is -3.10. The van der Waals surface area contributed by atoms with Gasteiger partial charge in [-0.3, -0.25) is 4.79 Å². The monoisotopic (exact) mass is 390 g/mol. The van der Waals surface area contributed by atoms with Crippen molar-refractivity contribution in [1.29, 1.82) is 5.26 Å². The average molecular weight is 390 g/mol. The van der Waals surface area contributed by atoms with Crippen molar-refractivity contribution in [1.82, 2.24) is 0 Å². The Morgan fingerprint density at radius 3 is 2.18 bits per heavy atom. The molecule has 0 saturated carbocycles. The van der Waals surface area contributed by atoms with E-state index in [0.29, 0.717) is 5.56 Å². The van der Waals surface area contributed by atoms with Crippen molar-refractivity contribution in [3.63, 3.8) is 0 Å². The lowest BCUT2D eigenvalue weighted by molar-refractivity contribution is 0.0980. The number of nitriles is 1. The molecule has 3 nitrogen and oxygen atoms in total. The van der Waals surface area contributed by atoms with Gasteiger partial charge in [0.2, 0.25) is 0 Å². The summed E-state index contributed by atoms with van der Waals surface area (Å²) in [5, 5.41) is 14.5. The highest BCUT2D eigenvalue weighted by Gasteiger charge is 2.27. The molecule has 3 rings (SSSR count). The molecule has 28 heavy (non-hydrogen) atoms. The first-order chi connectivity index (χ1) is 13.7. The topological polar surface area (TPSA) is 52.9 Å². The van der Waals surface area contributed by atoms with E-state index in [0.717, 1.165) is 23.0 Å². The molecule has 0 amide bonds. The van der Waals surface area contributed by atoms with Gasteiger partial charge >= 0.3 is 0 Å². The number of hydrogen-bond acceptors (Lipinski definition) is 4. The number of rotatable bonds is 8. The Balaban J connectivity index is 1.89. The normalized spacial score (nSPS) is 12.6. The van der Waals surface area contributed by atoms with E-state index in [1.54, 1.807) is 24.3 Å². The summed E-state index contributed by atoms with van der Waals surface area (Å²) in [4.78, 5) is 12.8.